The first-order chi connectivity index (χ1) is 11.8. The number of carbonyl (C=O) groups excluding carboxylic acids is 1. The lowest BCUT2D eigenvalue weighted by Gasteiger charge is -2.22. The van der Waals surface area contributed by atoms with Gasteiger partial charge in [-0.05, 0) is 24.8 Å². The van der Waals surface area contributed by atoms with Crippen molar-refractivity contribution >= 4 is 11.8 Å². The lowest BCUT2D eigenvalue weighted by molar-refractivity contribution is 0.247. The fraction of sp³-hybridized carbons (Fsp3) is 0.235. The topological polar surface area (TPSA) is 95.8 Å². The van der Waals surface area contributed by atoms with Crippen LogP contribution in [-0.2, 0) is 12.8 Å². The van der Waals surface area contributed by atoms with Crippen LogP contribution in [0.15, 0.2) is 47.1 Å². The van der Waals surface area contributed by atoms with Gasteiger partial charge in [0.2, 0.25) is 0 Å². The Balaban J connectivity index is 1.36. The van der Waals surface area contributed by atoms with E-state index in [0.29, 0.717) is 11.6 Å². The van der Waals surface area contributed by atoms with Gasteiger partial charge in [-0.1, -0.05) is 35.5 Å². The van der Waals surface area contributed by atoms with Gasteiger partial charge in [-0.3, -0.25) is 10.4 Å². The molecule has 2 aromatic heterocycles. The van der Waals surface area contributed by atoms with Crippen molar-refractivity contribution < 1.29 is 9.32 Å². The molecule has 4 rings (SSSR count). The minimum absolute atomic E-state index is 0.0931. The van der Waals surface area contributed by atoms with E-state index in [4.69, 9.17) is 4.52 Å². The smallest absolute Gasteiger partial charge is 0.320 e. The van der Waals surface area contributed by atoms with Crippen molar-refractivity contribution in [1.29, 1.82) is 0 Å². The van der Waals surface area contributed by atoms with Crippen LogP contribution in [0.4, 0.5) is 10.6 Å². The van der Waals surface area contributed by atoms with Crippen molar-refractivity contribution in [2.24, 2.45) is 0 Å². The third-order valence-electron chi connectivity index (χ3n) is 4.16. The molecule has 0 fully saturated rings. The maximum absolute atomic E-state index is 12.1. The molecule has 3 N–H and O–H groups in total. The predicted molar refractivity (Wildman–Crippen MR) is 88.5 cm³/mol. The molecule has 3 aromatic rings. The van der Waals surface area contributed by atoms with Gasteiger partial charge in [-0.15, -0.1) is 0 Å². The Labute approximate surface area is 138 Å². The number of rotatable bonds is 3. The minimum Gasteiger partial charge on any atom is -0.354 e. The molecule has 1 aliphatic rings. The molecule has 1 aliphatic carbocycles. The maximum Gasteiger partial charge on any atom is 0.320 e. The molecule has 0 saturated carbocycles. The summed E-state index contributed by atoms with van der Waals surface area (Å²) >= 11 is 0. The molecule has 0 radical (unpaired) electrons. The fourth-order valence-corrected chi connectivity index (χ4v) is 2.95. The third-order valence-corrected chi connectivity index (χ3v) is 4.16. The number of hydrogen-bond donors (Lipinski definition) is 3. The number of aromatic amines is 1. The molecule has 0 aliphatic heterocycles. The summed E-state index contributed by atoms with van der Waals surface area (Å²) < 4.78 is 5.27. The second-order valence-corrected chi connectivity index (χ2v) is 5.85. The summed E-state index contributed by atoms with van der Waals surface area (Å²) in [5.74, 6) is 1.01. The second kappa shape index (κ2) is 6.19. The Hall–Kier alpha value is -3.09. The highest BCUT2D eigenvalue weighted by Crippen LogP contribution is 2.22. The Morgan fingerprint density at radius 3 is 3.04 bits per heavy atom. The van der Waals surface area contributed by atoms with E-state index in [9.17, 15) is 4.79 Å². The van der Waals surface area contributed by atoms with Crippen LogP contribution in [0.5, 0.6) is 0 Å². The number of urea groups is 1. The first kappa shape index (κ1) is 14.5. The number of hydrogen-bond acceptors (Lipinski definition) is 4. The van der Waals surface area contributed by atoms with E-state index in [-0.39, 0.29) is 12.1 Å². The molecule has 7 heteroatoms. The first-order valence-electron chi connectivity index (χ1n) is 7.89. The largest absolute Gasteiger partial charge is 0.354 e. The second-order valence-electron chi connectivity index (χ2n) is 5.85. The van der Waals surface area contributed by atoms with Crippen molar-refractivity contribution in [2.45, 2.75) is 25.3 Å². The van der Waals surface area contributed by atoms with E-state index >= 15 is 0 Å². The van der Waals surface area contributed by atoms with E-state index in [0.717, 1.165) is 30.5 Å². The van der Waals surface area contributed by atoms with Gasteiger partial charge in [0, 0.05) is 23.4 Å². The summed E-state index contributed by atoms with van der Waals surface area (Å²) in [4.78, 5) is 12.1. The van der Waals surface area contributed by atoms with Crippen LogP contribution in [0.1, 0.15) is 17.7 Å². The van der Waals surface area contributed by atoms with Crippen LogP contribution in [-0.4, -0.2) is 27.4 Å². The van der Waals surface area contributed by atoms with Crippen molar-refractivity contribution in [3.8, 4) is 11.3 Å². The number of carbonyl (C=O) groups is 1. The zero-order valence-corrected chi connectivity index (χ0v) is 13.0. The van der Waals surface area contributed by atoms with Crippen LogP contribution in [0.2, 0.25) is 0 Å². The Morgan fingerprint density at radius 2 is 2.17 bits per heavy atom. The first-order valence-corrected chi connectivity index (χ1v) is 7.89. The van der Waals surface area contributed by atoms with Gasteiger partial charge in [-0.2, -0.15) is 5.10 Å². The third kappa shape index (κ3) is 3.01. The number of nitrogens with zero attached hydrogens (tertiary/aromatic N) is 2. The summed E-state index contributed by atoms with van der Waals surface area (Å²) in [6.45, 7) is 0. The molecule has 24 heavy (non-hydrogen) atoms. The number of benzene rings is 1. The summed E-state index contributed by atoms with van der Waals surface area (Å²) in [6, 6.07) is 11.2. The van der Waals surface area contributed by atoms with E-state index in [1.165, 1.54) is 5.56 Å². The van der Waals surface area contributed by atoms with Crippen LogP contribution in [0.3, 0.4) is 0 Å². The SMILES string of the molecule is O=C(Nc1cc(-c2ccccc2)on1)NC1CCc2[nH]ncc2C1. The number of aromatic nitrogens is 3. The molecular weight excluding hydrogens is 306 g/mol. The van der Waals surface area contributed by atoms with Gasteiger partial charge < -0.3 is 9.84 Å². The van der Waals surface area contributed by atoms with Crippen LogP contribution < -0.4 is 10.6 Å². The molecule has 0 bridgehead atoms. The standard InChI is InChI=1S/C17H17N5O2/c23-17(19-13-6-7-14-12(8-13)10-18-21-14)20-16-9-15(24-22-16)11-4-2-1-3-5-11/h1-5,9-10,13H,6-8H2,(H,18,21)(H2,19,20,22,23). The number of nitrogens with one attached hydrogen (secondary N) is 3. The van der Waals surface area contributed by atoms with E-state index < -0.39 is 0 Å². The Bertz CT molecular complexity index is 840. The van der Waals surface area contributed by atoms with Crippen LogP contribution >= 0.6 is 0 Å². The molecule has 0 saturated heterocycles. The zero-order chi connectivity index (χ0) is 16.4. The lowest BCUT2D eigenvalue weighted by atomic mass is 9.94. The molecule has 2 amide bonds. The number of aryl methyl sites for hydroxylation is 1. The number of amides is 2. The summed E-state index contributed by atoms with van der Waals surface area (Å²) in [5.41, 5.74) is 3.25. The zero-order valence-electron chi connectivity index (χ0n) is 13.0. The molecule has 122 valence electrons. The normalized spacial score (nSPS) is 16.4. The van der Waals surface area contributed by atoms with Crippen molar-refractivity contribution in [2.75, 3.05) is 5.32 Å². The lowest BCUT2D eigenvalue weighted by Crippen LogP contribution is -2.41. The number of H-pyrrole nitrogens is 1. The molecule has 1 unspecified atom stereocenters. The van der Waals surface area contributed by atoms with Crippen LogP contribution in [0, 0.1) is 0 Å². The van der Waals surface area contributed by atoms with Gasteiger partial charge in [0.05, 0.1) is 6.20 Å². The Kier molecular flexibility index (Phi) is 3.74. The van der Waals surface area contributed by atoms with Crippen molar-refractivity contribution in [1.82, 2.24) is 20.7 Å². The summed E-state index contributed by atoms with van der Waals surface area (Å²) in [5, 5.41) is 16.6. The summed E-state index contributed by atoms with van der Waals surface area (Å²) in [7, 11) is 0. The minimum atomic E-state index is -0.278. The highest BCUT2D eigenvalue weighted by atomic mass is 16.5. The van der Waals surface area contributed by atoms with Gasteiger partial charge in [0.1, 0.15) is 0 Å². The predicted octanol–water partition coefficient (Wildman–Crippen LogP) is 2.74. The number of fused-ring (bicyclic) bond motifs is 1. The van der Waals surface area contributed by atoms with Crippen LogP contribution in [0.25, 0.3) is 11.3 Å². The average molecular weight is 323 g/mol. The molecule has 2 heterocycles. The van der Waals surface area contributed by atoms with Crippen molar-refractivity contribution in [3.05, 3.63) is 53.9 Å². The number of anilines is 1. The molecule has 0 spiro atoms. The quantitative estimate of drug-likeness (QED) is 0.690. The fourth-order valence-electron chi connectivity index (χ4n) is 2.95. The van der Waals surface area contributed by atoms with E-state index in [1.807, 2.05) is 36.5 Å². The van der Waals surface area contributed by atoms with Gasteiger partial charge in [0.15, 0.2) is 11.6 Å². The molecular formula is C17H17N5O2. The van der Waals surface area contributed by atoms with Gasteiger partial charge in [-0.25, -0.2) is 4.79 Å². The van der Waals surface area contributed by atoms with Gasteiger partial charge >= 0.3 is 6.03 Å². The molecule has 1 atom stereocenters. The summed E-state index contributed by atoms with van der Waals surface area (Å²) in [6.07, 6.45) is 4.39. The van der Waals surface area contributed by atoms with Crippen molar-refractivity contribution in [3.63, 3.8) is 0 Å². The van der Waals surface area contributed by atoms with E-state index in [1.54, 1.807) is 6.07 Å². The Morgan fingerprint density at radius 1 is 1.29 bits per heavy atom. The maximum atomic E-state index is 12.1. The highest BCUT2D eigenvalue weighted by Gasteiger charge is 2.21. The highest BCUT2D eigenvalue weighted by molar-refractivity contribution is 5.88. The average Bonchev–Trinajstić information content (AvgIpc) is 3.24. The van der Waals surface area contributed by atoms with E-state index in [2.05, 4.69) is 26.0 Å². The molecule has 1 aromatic carbocycles. The van der Waals surface area contributed by atoms with Gasteiger partial charge in [0.25, 0.3) is 0 Å². The molecule has 7 nitrogen and oxygen atoms in total. The monoisotopic (exact) mass is 323 g/mol.